The largest absolute Gasteiger partial charge is 0.383 e. The molecule has 1 aliphatic carbocycles. The molecule has 2 unspecified atom stereocenters. The lowest BCUT2D eigenvalue weighted by Crippen LogP contribution is -2.46. The van der Waals surface area contributed by atoms with E-state index in [2.05, 4.69) is 37.9 Å². The molecule has 108 valence electrons. The van der Waals surface area contributed by atoms with Gasteiger partial charge >= 0.3 is 0 Å². The molecular formula is C15H32N2O. The van der Waals surface area contributed by atoms with E-state index in [9.17, 15) is 0 Å². The highest BCUT2D eigenvalue weighted by molar-refractivity contribution is 4.96. The van der Waals surface area contributed by atoms with Crippen LogP contribution in [0.5, 0.6) is 0 Å². The Hall–Kier alpha value is -0.120. The van der Waals surface area contributed by atoms with Crippen LogP contribution in [0.25, 0.3) is 0 Å². The van der Waals surface area contributed by atoms with E-state index in [-0.39, 0.29) is 0 Å². The predicted octanol–water partition coefficient (Wildman–Crippen LogP) is 2.37. The minimum absolute atomic E-state index is 0.446. The monoisotopic (exact) mass is 256 g/mol. The number of ether oxygens (including phenoxy) is 1. The van der Waals surface area contributed by atoms with Gasteiger partial charge in [-0.05, 0) is 37.3 Å². The van der Waals surface area contributed by atoms with E-state index in [1.807, 2.05) is 0 Å². The van der Waals surface area contributed by atoms with Crippen LogP contribution in [-0.2, 0) is 4.74 Å². The maximum atomic E-state index is 5.20. The molecule has 1 aliphatic rings. The molecule has 2 atom stereocenters. The van der Waals surface area contributed by atoms with E-state index in [1.165, 1.54) is 19.4 Å². The fraction of sp³-hybridized carbons (Fsp3) is 1.00. The van der Waals surface area contributed by atoms with Crippen molar-refractivity contribution in [3.05, 3.63) is 0 Å². The van der Waals surface area contributed by atoms with Gasteiger partial charge in [-0.25, -0.2) is 0 Å². The van der Waals surface area contributed by atoms with Gasteiger partial charge in [0.25, 0.3) is 0 Å². The summed E-state index contributed by atoms with van der Waals surface area (Å²) < 4.78 is 5.20. The lowest BCUT2D eigenvalue weighted by molar-refractivity contribution is 0.130. The molecule has 18 heavy (non-hydrogen) atoms. The average Bonchev–Trinajstić information content (AvgIpc) is 2.62. The van der Waals surface area contributed by atoms with Crippen molar-refractivity contribution in [2.75, 3.05) is 39.9 Å². The topological polar surface area (TPSA) is 24.5 Å². The van der Waals surface area contributed by atoms with Crippen molar-refractivity contribution in [3.63, 3.8) is 0 Å². The normalized spacial score (nSPS) is 27.0. The average molecular weight is 256 g/mol. The third kappa shape index (κ3) is 4.22. The number of methoxy groups -OCH3 is 1. The Morgan fingerprint density at radius 1 is 1.33 bits per heavy atom. The quantitative estimate of drug-likeness (QED) is 0.721. The van der Waals surface area contributed by atoms with E-state index in [1.54, 1.807) is 7.11 Å². The number of likely N-dealkylation sites (N-methyl/N-ethyl adjacent to an activating group) is 1. The zero-order valence-corrected chi connectivity index (χ0v) is 13.0. The molecule has 0 amide bonds. The van der Waals surface area contributed by atoms with Crippen LogP contribution in [0.1, 0.15) is 40.5 Å². The second-order valence-corrected chi connectivity index (χ2v) is 6.21. The van der Waals surface area contributed by atoms with Crippen LogP contribution < -0.4 is 5.32 Å². The fourth-order valence-electron chi connectivity index (χ4n) is 3.31. The first-order valence-electron chi connectivity index (χ1n) is 7.49. The Morgan fingerprint density at radius 2 is 2.06 bits per heavy atom. The summed E-state index contributed by atoms with van der Waals surface area (Å²) in [5.41, 5.74) is 0.446. The van der Waals surface area contributed by atoms with Crippen molar-refractivity contribution >= 4 is 0 Å². The second-order valence-electron chi connectivity index (χ2n) is 6.21. The first-order valence-corrected chi connectivity index (χ1v) is 7.49. The van der Waals surface area contributed by atoms with Gasteiger partial charge in [0.15, 0.2) is 0 Å². The molecule has 0 aromatic rings. The standard InChI is InChI=1S/C15H32N2O/c1-6-16-14-13(8-9-15(14,3)4)12-17(7-2)10-11-18-5/h13-14,16H,6-12H2,1-5H3. The summed E-state index contributed by atoms with van der Waals surface area (Å²) in [5, 5.41) is 3.71. The predicted molar refractivity (Wildman–Crippen MR) is 78.0 cm³/mol. The molecule has 3 heteroatoms. The molecule has 1 fully saturated rings. The van der Waals surface area contributed by atoms with Crippen LogP contribution in [0.2, 0.25) is 0 Å². The van der Waals surface area contributed by atoms with E-state index < -0.39 is 0 Å². The van der Waals surface area contributed by atoms with Gasteiger partial charge in [0, 0.05) is 26.2 Å². The molecule has 1 saturated carbocycles. The summed E-state index contributed by atoms with van der Waals surface area (Å²) in [4.78, 5) is 2.53. The molecule has 0 aliphatic heterocycles. The maximum Gasteiger partial charge on any atom is 0.0589 e. The van der Waals surface area contributed by atoms with Gasteiger partial charge < -0.3 is 15.0 Å². The Labute approximate surface area is 113 Å². The third-order valence-electron chi connectivity index (χ3n) is 4.45. The van der Waals surface area contributed by atoms with E-state index >= 15 is 0 Å². The third-order valence-corrected chi connectivity index (χ3v) is 4.45. The molecule has 0 aromatic carbocycles. The summed E-state index contributed by atoms with van der Waals surface area (Å²) in [6.45, 7) is 14.6. The van der Waals surface area contributed by atoms with Gasteiger partial charge in [0.1, 0.15) is 0 Å². The van der Waals surface area contributed by atoms with Gasteiger partial charge in [-0.1, -0.05) is 27.7 Å². The smallest absolute Gasteiger partial charge is 0.0589 e. The number of rotatable bonds is 8. The number of nitrogens with one attached hydrogen (secondary N) is 1. The highest BCUT2D eigenvalue weighted by Gasteiger charge is 2.41. The first-order chi connectivity index (χ1) is 8.55. The van der Waals surface area contributed by atoms with E-state index in [0.717, 1.165) is 32.2 Å². The Bertz CT molecular complexity index is 231. The molecule has 0 radical (unpaired) electrons. The van der Waals surface area contributed by atoms with Gasteiger partial charge in [-0.2, -0.15) is 0 Å². The van der Waals surface area contributed by atoms with Gasteiger partial charge in [-0.3, -0.25) is 0 Å². The van der Waals surface area contributed by atoms with Crippen molar-refractivity contribution in [1.29, 1.82) is 0 Å². The van der Waals surface area contributed by atoms with Crippen molar-refractivity contribution in [3.8, 4) is 0 Å². The Balaban J connectivity index is 2.53. The zero-order valence-electron chi connectivity index (χ0n) is 13.0. The van der Waals surface area contributed by atoms with Crippen molar-refractivity contribution in [2.45, 2.75) is 46.6 Å². The number of hydrogen-bond acceptors (Lipinski definition) is 3. The molecule has 0 aromatic heterocycles. The van der Waals surface area contributed by atoms with Gasteiger partial charge in [0.05, 0.1) is 6.61 Å². The van der Waals surface area contributed by atoms with Crippen LogP contribution in [0.4, 0.5) is 0 Å². The molecule has 0 spiro atoms. The molecule has 1 rings (SSSR count). The summed E-state index contributed by atoms with van der Waals surface area (Å²) >= 11 is 0. The molecule has 3 nitrogen and oxygen atoms in total. The fourth-order valence-corrected chi connectivity index (χ4v) is 3.31. The summed E-state index contributed by atoms with van der Waals surface area (Å²) in [5.74, 6) is 0.789. The Morgan fingerprint density at radius 3 is 2.61 bits per heavy atom. The summed E-state index contributed by atoms with van der Waals surface area (Å²) in [6, 6.07) is 0.666. The van der Waals surface area contributed by atoms with Gasteiger partial charge in [0.2, 0.25) is 0 Å². The maximum absolute atomic E-state index is 5.20. The highest BCUT2D eigenvalue weighted by Crippen LogP contribution is 2.41. The Kier molecular flexibility index (Phi) is 6.61. The van der Waals surface area contributed by atoms with E-state index in [4.69, 9.17) is 4.74 Å². The number of nitrogens with zero attached hydrogens (tertiary/aromatic N) is 1. The van der Waals surface area contributed by atoms with Crippen LogP contribution in [0.15, 0.2) is 0 Å². The highest BCUT2D eigenvalue weighted by atomic mass is 16.5. The zero-order chi connectivity index (χ0) is 13.6. The lowest BCUT2D eigenvalue weighted by Gasteiger charge is -2.34. The molecule has 0 heterocycles. The van der Waals surface area contributed by atoms with Crippen molar-refractivity contribution in [2.24, 2.45) is 11.3 Å². The summed E-state index contributed by atoms with van der Waals surface area (Å²) in [6.07, 6.45) is 2.70. The molecular weight excluding hydrogens is 224 g/mol. The second kappa shape index (κ2) is 7.46. The molecule has 0 bridgehead atoms. The van der Waals surface area contributed by atoms with Crippen LogP contribution in [0.3, 0.4) is 0 Å². The van der Waals surface area contributed by atoms with Crippen molar-refractivity contribution < 1.29 is 4.74 Å². The van der Waals surface area contributed by atoms with Crippen molar-refractivity contribution in [1.82, 2.24) is 10.2 Å². The van der Waals surface area contributed by atoms with E-state index in [0.29, 0.717) is 11.5 Å². The number of hydrogen-bond donors (Lipinski definition) is 1. The molecule has 1 N–H and O–H groups in total. The molecule has 0 saturated heterocycles. The minimum atomic E-state index is 0.446. The van der Waals surface area contributed by atoms with Gasteiger partial charge in [-0.15, -0.1) is 0 Å². The SMILES string of the molecule is CCNC1C(CN(CC)CCOC)CCC1(C)C. The van der Waals surface area contributed by atoms with Crippen LogP contribution in [-0.4, -0.2) is 50.8 Å². The van der Waals surface area contributed by atoms with Crippen LogP contribution in [0, 0.1) is 11.3 Å². The summed E-state index contributed by atoms with van der Waals surface area (Å²) in [7, 11) is 1.79. The van der Waals surface area contributed by atoms with Crippen LogP contribution >= 0.6 is 0 Å². The lowest BCUT2D eigenvalue weighted by atomic mass is 9.84. The minimum Gasteiger partial charge on any atom is -0.383 e. The first kappa shape index (κ1) is 15.9.